The second-order valence-electron chi connectivity index (χ2n) is 7.70. The highest BCUT2D eigenvalue weighted by molar-refractivity contribution is 5.87. The van der Waals surface area contributed by atoms with Crippen LogP contribution in [0.2, 0.25) is 0 Å². The van der Waals surface area contributed by atoms with Gasteiger partial charge in [0.2, 0.25) is 0 Å². The fourth-order valence-electron chi connectivity index (χ4n) is 3.71. The molecule has 0 spiro atoms. The lowest BCUT2D eigenvalue weighted by Gasteiger charge is -2.44. The SMILES string of the molecule is CCC(=O)C(C)(C)N(CCCc1ccccc1)N(CN1CCCC1)C(=O)O. The van der Waals surface area contributed by atoms with Gasteiger partial charge in [-0.15, -0.1) is 0 Å². The van der Waals surface area contributed by atoms with Gasteiger partial charge in [-0.3, -0.25) is 9.69 Å². The number of carboxylic acid groups (broad SMARTS) is 1. The van der Waals surface area contributed by atoms with E-state index in [1.165, 1.54) is 10.6 Å². The molecule has 0 bridgehead atoms. The molecule has 1 heterocycles. The number of ketones is 1. The van der Waals surface area contributed by atoms with Crippen LogP contribution in [0, 0.1) is 0 Å². The molecule has 1 aromatic rings. The van der Waals surface area contributed by atoms with Gasteiger partial charge in [0, 0.05) is 13.0 Å². The maximum atomic E-state index is 12.6. The topological polar surface area (TPSA) is 64.1 Å². The van der Waals surface area contributed by atoms with Gasteiger partial charge in [-0.25, -0.2) is 14.8 Å². The number of hydrogen-bond donors (Lipinski definition) is 1. The molecule has 1 N–H and O–H groups in total. The molecule has 6 nitrogen and oxygen atoms in total. The van der Waals surface area contributed by atoms with Crippen molar-refractivity contribution >= 4 is 11.9 Å². The Hall–Kier alpha value is -1.92. The summed E-state index contributed by atoms with van der Waals surface area (Å²) < 4.78 is 0. The Morgan fingerprint density at radius 2 is 1.78 bits per heavy atom. The van der Waals surface area contributed by atoms with Crippen molar-refractivity contribution in [3.8, 4) is 0 Å². The van der Waals surface area contributed by atoms with Crippen molar-refractivity contribution in [2.45, 2.75) is 58.4 Å². The Labute approximate surface area is 162 Å². The van der Waals surface area contributed by atoms with Gasteiger partial charge in [-0.2, -0.15) is 0 Å². The van der Waals surface area contributed by atoms with Crippen LogP contribution in [0.5, 0.6) is 0 Å². The smallest absolute Gasteiger partial charge is 0.423 e. The van der Waals surface area contributed by atoms with Gasteiger partial charge >= 0.3 is 6.09 Å². The molecular formula is C21H33N3O3. The number of hydrogen-bond acceptors (Lipinski definition) is 4. The van der Waals surface area contributed by atoms with E-state index < -0.39 is 11.6 Å². The van der Waals surface area contributed by atoms with Crippen LogP contribution < -0.4 is 0 Å². The Morgan fingerprint density at radius 1 is 1.15 bits per heavy atom. The number of carbonyl (C=O) groups excluding carboxylic acids is 1. The summed E-state index contributed by atoms with van der Waals surface area (Å²) in [6.45, 7) is 8.16. The Bertz CT molecular complexity index is 612. The molecule has 0 unspecified atom stereocenters. The average Bonchev–Trinajstić information content (AvgIpc) is 3.16. The number of rotatable bonds is 10. The van der Waals surface area contributed by atoms with Crippen molar-refractivity contribution in [1.29, 1.82) is 0 Å². The summed E-state index contributed by atoms with van der Waals surface area (Å²) in [6, 6.07) is 10.2. The first-order chi connectivity index (χ1) is 12.9. The van der Waals surface area contributed by atoms with Crippen molar-refractivity contribution < 1.29 is 14.7 Å². The van der Waals surface area contributed by atoms with E-state index in [2.05, 4.69) is 17.0 Å². The van der Waals surface area contributed by atoms with E-state index >= 15 is 0 Å². The zero-order valence-corrected chi connectivity index (χ0v) is 16.9. The maximum absolute atomic E-state index is 12.6. The van der Waals surface area contributed by atoms with Gasteiger partial charge in [0.1, 0.15) is 0 Å². The van der Waals surface area contributed by atoms with E-state index in [1.807, 2.05) is 39.0 Å². The third-order valence-electron chi connectivity index (χ3n) is 5.37. The lowest BCUT2D eigenvalue weighted by atomic mass is 9.95. The van der Waals surface area contributed by atoms with Crippen molar-refractivity contribution in [2.24, 2.45) is 0 Å². The minimum absolute atomic E-state index is 0.0508. The standard InChI is InChI=1S/C21H33N3O3/c1-4-19(25)21(2,3)24(16-10-13-18-11-6-5-7-12-18)23(20(26)27)17-22-14-8-9-15-22/h5-7,11-12H,4,8-10,13-17H2,1-3H3,(H,26,27). The first kappa shape index (κ1) is 21.4. The van der Waals surface area contributed by atoms with E-state index in [9.17, 15) is 14.7 Å². The zero-order valence-electron chi connectivity index (χ0n) is 16.9. The normalized spacial score (nSPS) is 15.3. The summed E-state index contributed by atoms with van der Waals surface area (Å²) in [6.07, 6.45) is 3.22. The van der Waals surface area contributed by atoms with Gasteiger partial charge in [0.05, 0.1) is 12.2 Å². The van der Waals surface area contributed by atoms with Crippen LogP contribution in [-0.2, 0) is 11.2 Å². The van der Waals surface area contributed by atoms with E-state index in [1.54, 1.807) is 5.01 Å². The summed E-state index contributed by atoms with van der Waals surface area (Å²) in [4.78, 5) is 26.8. The number of Topliss-reactive ketones (excluding diaryl/α,β-unsaturated/α-hetero) is 1. The molecule has 150 valence electrons. The van der Waals surface area contributed by atoms with Gasteiger partial charge < -0.3 is 5.11 Å². The molecule has 0 aliphatic carbocycles. The lowest BCUT2D eigenvalue weighted by Crippen LogP contribution is -2.61. The fraction of sp³-hybridized carbons (Fsp3) is 0.619. The molecule has 0 radical (unpaired) electrons. The number of nitrogens with zero attached hydrogens (tertiary/aromatic N) is 3. The van der Waals surface area contributed by atoms with Gasteiger partial charge in [-0.05, 0) is 58.2 Å². The fourth-order valence-corrected chi connectivity index (χ4v) is 3.71. The molecule has 1 amide bonds. The minimum Gasteiger partial charge on any atom is -0.464 e. The van der Waals surface area contributed by atoms with Gasteiger partial charge in [0.25, 0.3) is 0 Å². The monoisotopic (exact) mass is 375 g/mol. The van der Waals surface area contributed by atoms with Crippen LogP contribution in [0.4, 0.5) is 4.79 Å². The highest BCUT2D eigenvalue weighted by Gasteiger charge is 2.39. The van der Waals surface area contributed by atoms with E-state index in [-0.39, 0.29) is 5.78 Å². The quantitative estimate of drug-likeness (QED) is 0.633. The van der Waals surface area contributed by atoms with Gasteiger partial charge in [-0.1, -0.05) is 37.3 Å². The highest BCUT2D eigenvalue weighted by atomic mass is 16.4. The maximum Gasteiger partial charge on any atom is 0.423 e. The third kappa shape index (κ3) is 5.78. The highest BCUT2D eigenvalue weighted by Crippen LogP contribution is 2.23. The van der Waals surface area contributed by atoms with Crippen LogP contribution in [-0.4, -0.2) is 63.7 Å². The molecule has 27 heavy (non-hydrogen) atoms. The molecule has 1 aromatic carbocycles. The number of carbonyl (C=O) groups is 2. The molecular weight excluding hydrogens is 342 g/mol. The summed E-state index contributed by atoms with van der Waals surface area (Å²) in [5.74, 6) is 0.0508. The Morgan fingerprint density at radius 3 is 2.33 bits per heavy atom. The second-order valence-corrected chi connectivity index (χ2v) is 7.70. The van der Waals surface area contributed by atoms with Crippen LogP contribution >= 0.6 is 0 Å². The number of amides is 1. The zero-order chi connectivity index (χ0) is 19.9. The average molecular weight is 376 g/mol. The second kappa shape index (κ2) is 9.85. The number of benzene rings is 1. The molecule has 2 rings (SSSR count). The van der Waals surface area contributed by atoms with E-state index in [4.69, 9.17) is 0 Å². The Kier molecular flexibility index (Phi) is 7.80. The molecule has 0 atom stereocenters. The molecule has 1 saturated heterocycles. The van der Waals surface area contributed by atoms with Crippen LogP contribution in [0.25, 0.3) is 0 Å². The summed E-state index contributed by atoms with van der Waals surface area (Å²) in [7, 11) is 0. The first-order valence-electron chi connectivity index (χ1n) is 9.94. The summed E-state index contributed by atoms with van der Waals surface area (Å²) in [5.41, 5.74) is 0.363. The molecule has 0 aromatic heterocycles. The van der Waals surface area contributed by atoms with Gasteiger partial charge in [0.15, 0.2) is 5.78 Å². The minimum atomic E-state index is -1.00. The molecule has 1 aliphatic heterocycles. The van der Waals surface area contributed by atoms with Crippen LogP contribution in [0.1, 0.15) is 52.0 Å². The number of likely N-dealkylation sites (tertiary alicyclic amines) is 1. The summed E-state index contributed by atoms with van der Waals surface area (Å²) >= 11 is 0. The van der Waals surface area contributed by atoms with Crippen molar-refractivity contribution in [3.63, 3.8) is 0 Å². The summed E-state index contributed by atoms with van der Waals surface area (Å²) in [5, 5.41) is 13.0. The van der Waals surface area contributed by atoms with E-state index in [0.29, 0.717) is 19.6 Å². The predicted molar refractivity (Wildman–Crippen MR) is 106 cm³/mol. The Balaban J connectivity index is 2.15. The molecule has 1 aliphatic rings. The molecule has 6 heteroatoms. The van der Waals surface area contributed by atoms with E-state index in [0.717, 1.165) is 38.8 Å². The first-order valence-corrected chi connectivity index (χ1v) is 9.94. The van der Waals surface area contributed by atoms with Crippen LogP contribution in [0.3, 0.4) is 0 Å². The van der Waals surface area contributed by atoms with Crippen molar-refractivity contribution in [2.75, 3.05) is 26.3 Å². The van der Waals surface area contributed by atoms with Crippen LogP contribution in [0.15, 0.2) is 30.3 Å². The number of hydrazine groups is 1. The largest absolute Gasteiger partial charge is 0.464 e. The number of aryl methyl sites for hydroxylation is 1. The van der Waals surface area contributed by atoms with Crippen molar-refractivity contribution in [3.05, 3.63) is 35.9 Å². The van der Waals surface area contributed by atoms with Crippen molar-refractivity contribution in [1.82, 2.24) is 14.9 Å². The molecule has 0 saturated carbocycles. The predicted octanol–water partition coefficient (Wildman–Crippen LogP) is 3.63. The molecule has 1 fully saturated rings. The lowest BCUT2D eigenvalue weighted by molar-refractivity contribution is -0.146. The third-order valence-corrected chi connectivity index (χ3v) is 5.37.